The molecular weight excluding hydrogens is 290 g/mol. The summed E-state index contributed by atoms with van der Waals surface area (Å²) in [4.78, 5) is 11.7. The molecule has 0 aliphatic carbocycles. The number of aliphatic hydroxyl groups excluding tert-OH is 2. The monoisotopic (exact) mass is 327 g/mol. The Morgan fingerprint density at radius 1 is 1.00 bits per heavy atom. The summed E-state index contributed by atoms with van der Waals surface area (Å²) >= 11 is 0. The number of hydrogen-bond donors (Lipinski definition) is 3. The van der Waals surface area contributed by atoms with Gasteiger partial charge in [0.25, 0.3) is 0 Å². The molecule has 0 aromatic heterocycles. The van der Waals surface area contributed by atoms with Gasteiger partial charge in [0.1, 0.15) is 0 Å². The number of allylic oxidation sites excluding steroid dienone is 1. The molecule has 0 radical (unpaired) electrons. The van der Waals surface area contributed by atoms with Crippen LogP contribution in [-0.2, 0) is 4.79 Å². The van der Waals surface area contributed by atoms with E-state index >= 15 is 0 Å². The molecule has 0 spiro atoms. The first-order chi connectivity index (χ1) is 11.2. The number of carbonyl (C=O) groups is 1. The van der Waals surface area contributed by atoms with Gasteiger partial charge in [0.15, 0.2) is 0 Å². The molecule has 0 aliphatic heterocycles. The highest BCUT2D eigenvalue weighted by Crippen LogP contribution is 2.08. The highest BCUT2D eigenvalue weighted by atomic mass is 16.3. The van der Waals surface area contributed by atoms with Crippen LogP contribution in [0.5, 0.6) is 0 Å². The van der Waals surface area contributed by atoms with Crippen LogP contribution < -0.4 is 5.32 Å². The molecule has 0 fully saturated rings. The van der Waals surface area contributed by atoms with Crippen LogP contribution >= 0.6 is 0 Å². The average Bonchev–Trinajstić information content (AvgIpc) is 2.55. The standard InChI is InChI=1S/C19H37NO3/c1-3-5-7-8-9-10-11-13-14-18(22)17(16-21)20-19(23)15-12-6-4-2/h13-14,17-18,21-22H,3-12,15-16H2,1-2H3,(H,20,23)/b14-13+. The van der Waals surface area contributed by atoms with Gasteiger partial charge in [0.2, 0.25) is 5.91 Å². The molecule has 23 heavy (non-hydrogen) atoms. The van der Waals surface area contributed by atoms with Crippen molar-refractivity contribution in [2.75, 3.05) is 6.61 Å². The van der Waals surface area contributed by atoms with Crippen molar-refractivity contribution in [3.05, 3.63) is 12.2 Å². The Labute approximate surface area is 142 Å². The third-order valence-electron chi connectivity index (χ3n) is 4.02. The second kappa shape index (κ2) is 16.0. The van der Waals surface area contributed by atoms with Crippen molar-refractivity contribution in [3.63, 3.8) is 0 Å². The molecule has 2 unspecified atom stereocenters. The number of amides is 1. The van der Waals surface area contributed by atoms with E-state index < -0.39 is 12.1 Å². The Hall–Kier alpha value is -0.870. The fourth-order valence-corrected chi connectivity index (χ4v) is 2.47. The fraction of sp³-hybridized carbons (Fsp3) is 0.842. The molecule has 0 saturated heterocycles. The van der Waals surface area contributed by atoms with Gasteiger partial charge >= 0.3 is 0 Å². The molecule has 0 saturated carbocycles. The van der Waals surface area contributed by atoms with E-state index in [2.05, 4.69) is 19.2 Å². The van der Waals surface area contributed by atoms with Crippen molar-refractivity contribution in [1.82, 2.24) is 5.32 Å². The predicted octanol–water partition coefficient (Wildman–Crippen LogP) is 3.71. The van der Waals surface area contributed by atoms with Gasteiger partial charge in [0.05, 0.1) is 18.8 Å². The maximum atomic E-state index is 11.7. The highest BCUT2D eigenvalue weighted by molar-refractivity contribution is 5.76. The second-order valence-electron chi connectivity index (χ2n) is 6.29. The molecule has 4 heteroatoms. The molecular formula is C19H37NO3. The van der Waals surface area contributed by atoms with Gasteiger partial charge in [-0.3, -0.25) is 4.79 Å². The largest absolute Gasteiger partial charge is 0.394 e. The van der Waals surface area contributed by atoms with Crippen molar-refractivity contribution in [2.45, 2.75) is 96.6 Å². The lowest BCUT2D eigenvalue weighted by molar-refractivity contribution is -0.123. The minimum absolute atomic E-state index is 0.0964. The Morgan fingerprint density at radius 2 is 1.61 bits per heavy atom. The summed E-state index contributed by atoms with van der Waals surface area (Å²) in [6.07, 6.45) is 14.7. The van der Waals surface area contributed by atoms with Crippen LogP contribution in [0, 0.1) is 0 Å². The van der Waals surface area contributed by atoms with E-state index in [1.807, 2.05) is 6.08 Å². The van der Waals surface area contributed by atoms with E-state index in [4.69, 9.17) is 0 Å². The zero-order chi connectivity index (χ0) is 17.3. The van der Waals surface area contributed by atoms with Gasteiger partial charge in [-0.15, -0.1) is 0 Å². The van der Waals surface area contributed by atoms with Gasteiger partial charge in [-0.25, -0.2) is 0 Å². The first-order valence-electron chi connectivity index (χ1n) is 9.40. The zero-order valence-electron chi connectivity index (χ0n) is 15.1. The van der Waals surface area contributed by atoms with E-state index in [0.29, 0.717) is 6.42 Å². The number of unbranched alkanes of at least 4 members (excludes halogenated alkanes) is 8. The molecule has 0 bridgehead atoms. The lowest BCUT2D eigenvalue weighted by Gasteiger charge is -2.19. The molecule has 2 atom stereocenters. The molecule has 1 amide bonds. The summed E-state index contributed by atoms with van der Waals surface area (Å²) in [6, 6.07) is -0.607. The Kier molecular flexibility index (Phi) is 15.4. The van der Waals surface area contributed by atoms with Crippen LogP contribution in [0.25, 0.3) is 0 Å². The minimum atomic E-state index is -0.824. The van der Waals surface area contributed by atoms with E-state index in [9.17, 15) is 15.0 Å². The summed E-state index contributed by atoms with van der Waals surface area (Å²) in [6.45, 7) is 4.05. The quantitative estimate of drug-likeness (QED) is 0.317. The summed E-state index contributed by atoms with van der Waals surface area (Å²) < 4.78 is 0. The highest BCUT2D eigenvalue weighted by Gasteiger charge is 2.17. The fourth-order valence-electron chi connectivity index (χ4n) is 2.47. The third-order valence-corrected chi connectivity index (χ3v) is 4.02. The molecule has 0 rings (SSSR count). The van der Waals surface area contributed by atoms with Crippen LogP contribution in [0.15, 0.2) is 12.2 Å². The number of carbonyl (C=O) groups excluding carboxylic acids is 1. The lowest BCUT2D eigenvalue weighted by atomic mass is 10.1. The van der Waals surface area contributed by atoms with E-state index in [-0.39, 0.29) is 12.5 Å². The number of aliphatic hydroxyl groups is 2. The Bertz CT molecular complexity index is 305. The predicted molar refractivity (Wildman–Crippen MR) is 96.3 cm³/mol. The van der Waals surface area contributed by atoms with Crippen molar-refractivity contribution in [2.24, 2.45) is 0 Å². The van der Waals surface area contributed by atoms with Crippen LogP contribution in [0.2, 0.25) is 0 Å². The van der Waals surface area contributed by atoms with Crippen LogP contribution in [0.4, 0.5) is 0 Å². The van der Waals surface area contributed by atoms with Crippen molar-refractivity contribution < 1.29 is 15.0 Å². The van der Waals surface area contributed by atoms with Crippen molar-refractivity contribution >= 4 is 5.91 Å². The smallest absolute Gasteiger partial charge is 0.220 e. The molecule has 0 aromatic rings. The summed E-state index contributed by atoms with van der Waals surface area (Å²) in [5, 5.41) is 22.1. The van der Waals surface area contributed by atoms with Gasteiger partial charge < -0.3 is 15.5 Å². The molecule has 136 valence electrons. The number of hydrogen-bond acceptors (Lipinski definition) is 3. The van der Waals surface area contributed by atoms with Crippen LogP contribution in [0.3, 0.4) is 0 Å². The minimum Gasteiger partial charge on any atom is -0.394 e. The van der Waals surface area contributed by atoms with E-state index in [0.717, 1.165) is 32.1 Å². The van der Waals surface area contributed by atoms with Crippen molar-refractivity contribution in [3.8, 4) is 0 Å². The molecule has 3 N–H and O–H groups in total. The molecule has 0 heterocycles. The van der Waals surface area contributed by atoms with Gasteiger partial charge in [-0.1, -0.05) is 70.9 Å². The Morgan fingerprint density at radius 3 is 2.26 bits per heavy atom. The SMILES string of the molecule is CCCCCCCC/C=C/C(O)C(CO)NC(=O)CCCCC. The van der Waals surface area contributed by atoms with Gasteiger partial charge in [0, 0.05) is 6.42 Å². The maximum absolute atomic E-state index is 11.7. The lowest BCUT2D eigenvalue weighted by Crippen LogP contribution is -2.45. The average molecular weight is 328 g/mol. The van der Waals surface area contributed by atoms with Gasteiger partial charge in [-0.2, -0.15) is 0 Å². The maximum Gasteiger partial charge on any atom is 0.220 e. The number of nitrogens with one attached hydrogen (secondary N) is 1. The first-order valence-corrected chi connectivity index (χ1v) is 9.40. The second-order valence-corrected chi connectivity index (χ2v) is 6.29. The summed E-state index contributed by atoms with van der Waals surface area (Å²) in [7, 11) is 0. The summed E-state index contributed by atoms with van der Waals surface area (Å²) in [5.41, 5.74) is 0. The van der Waals surface area contributed by atoms with E-state index in [1.54, 1.807) is 6.08 Å². The molecule has 4 nitrogen and oxygen atoms in total. The number of rotatable bonds is 15. The van der Waals surface area contributed by atoms with Gasteiger partial charge in [-0.05, 0) is 19.3 Å². The molecule has 0 aromatic carbocycles. The van der Waals surface area contributed by atoms with Crippen LogP contribution in [-0.4, -0.2) is 34.9 Å². The van der Waals surface area contributed by atoms with E-state index in [1.165, 1.54) is 32.1 Å². The van der Waals surface area contributed by atoms with Crippen LogP contribution in [0.1, 0.15) is 84.5 Å². The third kappa shape index (κ3) is 13.3. The molecule has 0 aliphatic rings. The van der Waals surface area contributed by atoms with Crippen molar-refractivity contribution in [1.29, 1.82) is 0 Å². The summed E-state index contributed by atoms with van der Waals surface area (Å²) in [5.74, 6) is -0.0964. The normalized spacial score (nSPS) is 14.1. The first kappa shape index (κ1) is 22.1. The Balaban J connectivity index is 3.87. The topological polar surface area (TPSA) is 69.6 Å². The zero-order valence-corrected chi connectivity index (χ0v) is 15.1.